The van der Waals surface area contributed by atoms with Crippen LogP contribution in [0.25, 0.3) is 0 Å². The summed E-state index contributed by atoms with van der Waals surface area (Å²) in [5, 5.41) is 3.35. The molecule has 138 valence electrons. The van der Waals surface area contributed by atoms with Crippen molar-refractivity contribution in [2.45, 2.75) is 31.6 Å². The minimum atomic E-state index is -3.02. The van der Waals surface area contributed by atoms with Crippen LogP contribution in [0.3, 0.4) is 0 Å². The molecular formula is C16H31N5O2S. The number of fused-ring (bicyclic) bond motifs is 3. The molecule has 4 saturated heterocycles. The first-order chi connectivity index (χ1) is 11.3. The second-order valence-electron chi connectivity index (χ2n) is 7.69. The Labute approximate surface area is 146 Å². The van der Waals surface area contributed by atoms with E-state index in [9.17, 15) is 8.42 Å². The van der Waals surface area contributed by atoms with E-state index in [1.807, 2.05) is 13.8 Å². The quantitative estimate of drug-likeness (QED) is 0.541. The molecule has 4 aliphatic rings. The van der Waals surface area contributed by atoms with Gasteiger partial charge in [-0.15, -0.1) is 0 Å². The molecule has 0 amide bonds. The summed E-state index contributed by atoms with van der Waals surface area (Å²) in [7, 11) is -3.02. The zero-order chi connectivity index (χ0) is 17.4. The van der Waals surface area contributed by atoms with Crippen LogP contribution >= 0.6 is 0 Å². The van der Waals surface area contributed by atoms with Crippen LogP contribution in [-0.2, 0) is 9.84 Å². The van der Waals surface area contributed by atoms with E-state index < -0.39 is 14.6 Å². The number of guanidine groups is 1. The van der Waals surface area contributed by atoms with Crippen molar-refractivity contribution in [3.05, 3.63) is 0 Å². The number of hydrogen-bond acceptors (Lipinski definition) is 5. The number of hydrogen-bond donors (Lipinski definition) is 1. The van der Waals surface area contributed by atoms with Gasteiger partial charge in [-0.1, -0.05) is 0 Å². The molecule has 1 atom stereocenters. The summed E-state index contributed by atoms with van der Waals surface area (Å²) >= 11 is 0. The van der Waals surface area contributed by atoms with Crippen LogP contribution < -0.4 is 5.32 Å². The van der Waals surface area contributed by atoms with E-state index in [1.165, 1.54) is 13.1 Å². The summed E-state index contributed by atoms with van der Waals surface area (Å²) in [4.78, 5) is 12.0. The third kappa shape index (κ3) is 3.55. The second kappa shape index (κ2) is 6.80. The number of nitrogens with zero attached hydrogens (tertiary/aromatic N) is 4. The average molecular weight is 358 g/mol. The highest BCUT2D eigenvalue weighted by Crippen LogP contribution is 2.24. The lowest BCUT2D eigenvalue weighted by Gasteiger charge is -2.47. The first kappa shape index (κ1) is 17.9. The van der Waals surface area contributed by atoms with E-state index in [0.29, 0.717) is 19.1 Å². The summed E-state index contributed by atoms with van der Waals surface area (Å²) in [6.45, 7) is 14.0. The minimum Gasteiger partial charge on any atom is -0.357 e. The lowest BCUT2D eigenvalue weighted by Crippen LogP contribution is -2.62. The Bertz CT molecular complexity index is 581. The Morgan fingerprint density at radius 2 is 1.92 bits per heavy atom. The van der Waals surface area contributed by atoms with Crippen LogP contribution in [0.2, 0.25) is 0 Å². The fourth-order valence-corrected chi connectivity index (χ4v) is 5.21. The van der Waals surface area contributed by atoms with Crippen LogP contribution in [0.1, 0.15) is 20.8 Å². The molecule has 0 radical (unpaired) electrons. The highest BCUT2D eigenvalue weighted by atomic mass is 32.2. The number of piperazine rings is 3. The van der Waals surface area contributed by atoms with Gasteiger partial charge in [0.05, 0.1) is 17.0 Å². The molecule has 8 heteroatoms. The van der Waals surface area contributed by atoms with Gasteiger partial charge in [-0.05, 0) is 20.8 Å². The molecule has 0 aromatic carbocycles. The average Bonchev–Trinajstić information content (AvgIpc) is 2.55. The van der Waals surface area contributed by atoms with E-state index >= 15 is 0 Å². The van der Waals surface area contributed by atoms with Gasteiger partial charge in [0.25, 0.3) is 0 Å². The molecule has 4 rings (SSSR count). The Morgan fingerprint density at radius 3 is 2.46 bits per heavy atom. The standard InChI is InChI=1S/C16H31N5O2S/c1-4-17-15(21-9-10-24(22,23)16(2,3)13-21)18-11-14-12-19-5-7-20(14)8-6-19/h14H,4-13H2,1-3H3,(H,17,18). The summed E-state index contributed by atoms with van der Waals surface area (Å²) in [6, 6.07) is 0.489. The predicted molar refractivity (Wildman–Crippen MR) is 97.2 cm³/mol. The maximum Gasteiger partial charge on any atom is 0.194 e. The fraction of sp³-hybridized carbons (Fsp3) is 0.938. The summed E-state index contributed by atoms with van der Waals surface area (Å²) in [5.74, 6) is 1.06. The van der Waals surface area contributed by atoms with E-state index in [4.69, 9.17) is 4.99 Å². The van der Waals surface area contributed by atoms with Crippen molar-refractivity contribution in [1.29, 1.82) is 0 Å². The molecule has 0 aromatic rings. The smallest absolute Gasteiger partial charge is 0.194 e. The molecule has 4 fully saturated rings. The van der Waals surface area contributed by atoms with Gasteiger partial charge in [-0.25, -0.2) is 8.42 Å². The fourth-order valence-electron chi connectivity index (χ4n) is 3.84. The number of aliphatic imine (C=N–C) groups is 1. The second-order valence-corrected chi connectivity index (χ2v) is 10.4. The predicted octanol–water partition coefficient (Wildman–Crippen LogP) is -0.539. The molecule has 0 spiro atoms. The van der Waals surface area contributed by atoms with Crippen LogP contribution in [0.15, 0.2) is 4.99 Å². The van der Waals surface area contributed by atoms with E-state index in [1.54, 1.807) is 0 Å². The van der Waals surface area contributed by atoms with Crippen LogP contribution in [0, 0.1) is 0 Å². The van der Waals surface area contributed by atoms with Gasteiger partial charge in [-0.3, -0.25) is 14.8 Å². The normalized spacial score (nSPS) is 35.0. The first-order valence-corrected chi connectivity index (χ1v) is 10.7. The topological polar surface area (TPSA) is 68.2 Å². The molecule has 0 aliphatic carbocycles. The molecule has 4 aliphatic heterocycles. The summed E-state index contributed by atoms with van der Waals surface area (Å²) in [6.07, 6.45) is 0. The molecule has 1 unspecified atom stereocenters. The molecule has 0 saturated carbocycles. The molecule has 24 heavy (non-hydrogen) atoms. The third-order valence-electron chi connectivity index (χ3n) is 5.52. The first-order valence-electron chi connectivity index (χ1n) is 9.04. The maximum atomic E-state index is 12.2. The van der Waals surface area contributed by atoms with Crippen molar-refractivity contribution < 1.29 is 8.42 Å². The zero-order valence-electron chi connectivity index (χ0n) is 15.2. The minimum absolute atomic E-state index is 0.202. The largest absolute Gasteiger partial charge is 0.357 e. The van der Waals surface area contributed by atoms with E-state index in [2.05, 4.69) is 26.9 Å². The monoisotopic (exact) mass is 357 g/mol. The van der Waals surface area contributed by atoms with Gasteiger partial charge >= 0.3 is 0 Å². The number of rotatable bonds is 3. The van der Waals surface area contributed by atoms with Gasteiger partial charge in [0, 0.05) is 58.4 Å². The zero-order valence-corrected chi connectivity index (χ0v) is 16.0. The van der Waals surface area contributed by atoms with Crippen molar-refractivity contribution in [2.75, 3.05) is 64.7 Å². The molecule has 2 bridgehead atoms. The Hall–Kier alpha value is -0.860. The van der Waals surface area contributed by atoms with Gasteiger partial charge in [0.1, 0.15) is 0 Å². The van der Waals surface area contributed by atoms with Crippen LogP contribution in [0.4, 0.5) is 0 Å². The molecule has 0 aromatic heterocycles. The number of sulfone groups is 1. The van der Waals surface area contributed by atoms with Gasteiger partial charge in [0.15, 0.2) is 15.8 Å². The SMILES string of the molecule is CCNC(=NCC1CN2CCN1CC2)N1CCS(=O)(=O)C(C)(C)C1. The van der Waals surface area contributed by atoms with E-state index in [-0.39, 0.29) is 5.75 Å². The summed E-state index contributed by atoms with van der Waals surface area (Å²) < 4.78 is 23.7. The third-order valence-corrected chi connectivity index (χ3v) is 8.05. The van der Waals surface area contributed by atoms with Crippen LogP contribution in [0.5, 0.6) is 0 Å². The van der Waals surface area contributed by atoms with Gasteiger partial charge in [0.2, 0.25) is 0 Å². The Kier molecular flexibility index (Phi) is 5.09. The lowest BCUT2D eigenvalue weighted by molar-refractivity contribution is 0.0173. The summed E-state index contributed by atoms with van der Waals surface area (Å²) in [5.41, 5.74) is 0. The van der Waals surface area contributed by atoms with Gasteiger partial charge < -0.3 is 10.2 Å². The number of nitrogens with one attached hydrogen (secondary N) is 1. The van der Waals surface area contributed by atoms with Crippen LogP contribution in [-0.4, -0.2) is 105 Å². The Balaban J connectivity index is 1.68. The van der Waals surface area contributed by atoms with Crippen molar-refractivity contribution >= 4 is 15.8 Å². The van der Waals surface area contributed by atoms with Crippen molar-refractivity contribution in [3.63, 3.8) is 0 Å². The van der Waals surface area contributed by atoms with Gasteiger partial charge in [-0.2, -0.15) is 0 Å². The lowest BCUT2D eigenvalue weighted by atomic mass is 10.1. The Morgan fingerprint density at radius 1 is 1.21 bits per heavy atom. The highest BCUT2D eigenvalue weighted by molar-refractivity contribution is 7.92. The maximum absolute atomic E-state index is 12.2. The highest BCUT2D eigenvalue weighted by Gasteiger charge is 2.41. The van der Waals surface area contributed by atoms with Crippen molar-refractivity contribution in [2.24, 2.45) is 4.99 Å². The molecular weight excluding hydrogens is 326 g/mol. The van der Waals surface area contributed by atoms with E-state index in [0.717, 1.165) is 38.7 Å². The molecule has 1 N–H and O–H groups in total. The molecule has 7 nitrogen and oxygen atoms in total. The van der Waals surface area contributed by atoms with Crippen molar-refractivity contribution in [1.82, 2.24) is 20.0 Å². The van der Waals surface area contributed by atoms with Crippen molar-refractivity contribution in [3.8, 4) is 0 Å². The molecule has 4 heterocycles.